The smallest absolute Gasteiger partial charge is 0.0731 e. The highest BCUT2D eigenvalue weighted by molar-refractivity contribution is 7.79. The Hall–Kier alpha value is -2.18. The fraction of sp³-hybridized carbons (Fsp3) is 0. The third kappa shape index (κ3) is 1.91. The number of hydrogen-bond acceptors (Lipinski definition) is 5. The Morgan fingerprint density at radius 3 is 2.32 bits per heavy atom. The first-order valence-electron chi connectivity index (χ1n) is 5.54. The van der Waals surface area contributed by atoms with E-state index in [1.807, 2.05) is 0 Å². The molecule has 0 bridgehead atoms. The van der Waals surface area contributed by atoms with Crippen molar-refractivity contribution < 1.29 is 8.76 Å². The summed E-state index contributed by atoms with van der Waals surface area (Å²) in [5, 5.41) is 1.33. The summed E-state index contributed by atoms with van der Waals surface area (Å²) in [7, 11) is 0. The lowest BCUT2D eigenvalue weighted by Gasteiger charge is -2.10. The molecule has 0 aliphatic rings. The summed E-state index contributed by atoms with van der Waals surface area (Å²) in [5.74, 6) is 0. The molecule has 0 saturated heterocycles. The first-order valence-corrected chi connectivity index (χ1v) is 6.61. The van der Waals surface area contributed by atoms with Crippen LogP contribution in [0.15, 0.2) is 41.3 Å². The number of nitrogens with zero attached hydrogens (tertiary/aromatic N) is 1. The number of anilines is 2. The van der Waals surface area contributed by atoms with E-state index >= 15 is 0 Å². The second-order valence-corrected chi connectivity index (χ2v) is 5.16. The van der Waals surface area contributed by atoms with Crippen LogP contribution < -0.4 is 11.5 Å². The zero-order valence-electron chi connectivity index (χ0n) is 9.79. The summed E-state index contributed by atoms with van der Waals surface area (Å²) in [4.78, 5) is 4.63. The van der Waals surface area contributed by atoms with Crippen LogP contribution in [0.1, 0.15) is 0 Å². The summed E-state index contributed by atoms with van der Waals surface area (Å²) in [5.41, 5.74) is 14.3. The SMILES string of the molecule is Nc1ccc2nc3ccc(S(=O)[O-])cc3c(N)c2c1. The minimum absolute atomic E-state index is 0.184. The molecule has 0 spiro atoms. The van der Waals surface area contributed by atoms with Crippen LogP contribution >= 0.6 is 0 Å². The molecule has 0 saturated carbocycles. The van der Waals surface area contributed by atoms with Crippen LogP contribution in [-0.2, 0) is 11.1 Å². The monoisotopic (exact) mass is 272 g/mol. The van der Waals surface area contributed by atoms with Gasteiger partial charge in [0.1, 0.15) is 0 Å². The van der Waals surface area contributed by atoms with Gasteiger partial charge in [0, 0.05) is 21.4 Å². The summed E-state index contributed by atoms with van der Waals surface area (Å²) in [6.45, 7) is 0. The lowest BCUT2D eigenvalue weighted by atomic mass is 10.1. The Morgan fingerprint density at radius 1 is 1.00 bits per heavy atom. The van der Waals surface area contributed by atoms with Gasteiger partial charge in [0.05, 0.1) is 16.7 Å². The van der Waals surface area contributed by atoms with Crippen LogP contribution in [0.25, 0.3) is 21.8 Å². The summed E-state index contributed by atoms with van der Waals surface area (Å²) in [6, 6.07) is 9.94. The molecule has 4 N–H and O–H groups in total. The topological polar surface area (TPSA) is 105 Å². The molecule has 0 aliphatic heterocycles. The van der Waals surface area contributed by atoms with Gasteiger partial charge < -0.3 is 16.0 Å². The maximum absolute atomic E-state index is 11.0. The molecule has 0 radical (unpaired) electrons. The number of nitrogens with two attached hydrogens (primary N) is 2. The zero-order valence-corrected chi connectivity index (χ0v) is 10.6. The van der Waals surface area contributed by atoms with Crippen molar-refractivity contribution in [3.05, 3.63) is 36.4 Å². The average Bonchev–Trinajstić information content (AvgIpc) is 2.39. The Morgan fingerprint density at radius 2 is 1.63 bits per heavy atom. The largest absolute Gasteiger partial charge is 0.768 e. The number of nitrogen functional groups attached to an aromatic ring is 2. The second-order valence-electron chi connectivity index (χ2n) is 4.22. The normalized spacial score (nSPS) is 12.9. The number of aromatic nitrogens is 1. The van der Waals surface area contributed by atoms with Gasteiger partial charge in [0.2, 0.25) is 0 Å². The molecular weight excluding hydrogens is 262 g/mol. The standard InChI is InChI=1S/C13H11N3O2S/c14-7-1-3-11-9(5-7)13(15)10-6-8(19(17)18)2-4-12(10)16-11/h1-6H,14H2,(H2,15,16)(H,17,18)/p-1. The third-order valence-electron chi connectivity index (χ3n) is 3.00. The molecule has 1 heterocycles. The van der Waals surface area contributed by atoms with Crippen LogP contribution in [-0.4, -0.2) is 13.7 Å². The Bertz CT molecular complexity index is 833. The lowest BCUT2D eigenvalue weighted by Crippen LogP contribution is -1.96. The Labute approximate surface area is 111 Å². The fourth-order valence-electron chi connectivity index (χ4n) is 2.07. The molecule has 6 heteroatoms. The summed E-state index contributed by atoms with van der Waals surface area (Å²) < 4.78 is 22.0. The quantitative estimate of drug-likeness (QED) is 0.399. The van der Waals surface area contributed by atoms with Crippen molar-refractivity contribution >= 4 is 44.3 Å². The van der Waals surface area contributed by atoms with E-state index in [0.29, 0.717) is 22.3 Å². The molecule has 1 unspecified atom stereocenters. The molecule has 0 amide bonds. The molecule has 0 aliphatic carbocycles. The first-order chi connectivity index (χ1) is 9.06. The number of rotatable bonds is 1. The van der Waals surface area contributed by atoms with Gasteiger partial charge in [0.15, 0.2) is 0 Å². The van der Waals surface area contributed by atoms with Crippen molar-refractivity contribution in [1.82, 2.24) is 4.98 Å². The Balaban J connectivity index is 2.44. The van der Waals surface area contributed by atoms with E-state index < -0.39 is 11.1 Å². The van der Waals surface area contributed by atoms with Crippen molar-refractivity contribution in [2.24, 2.45) is 0 Å². The first kappa shape index (κ1) is 11.9. The van der Waals surface area contributed by atoms with Crippen LogP contribution in [0.5, 0.6) is 0 Å². The summed E-state index contributed by atoms with van der Waals surface area (Å²) in [6.07, 6.45) is 0. The molecule has 1 atom stereocenters. The predicted molar refractivity (Wildman–Crippen MR) is 75.3 cm³/mol. The van der Waals surface area contributed by atoms with E-state index in [0.717, 1.165) is 10.9 Å². The highest BCUT2D eigenvalue weighted by Gasteiger charge is 2.07. The molecule has 3 aromatic rings. The molecule has 1 aromatic heterocycles. The zero-order chi connectivity index (χ0) is 13.6. The van der Waals surface area contributed by atoms with E-state index in [4.69, 9.17) is 11.5 Å². The highest BCUT2D eigenvalue weighted by atomic mass is 32.2. The number of pyridine rings is 1. The van der Waals surface area contributed by atoms with Gasteiger partial charge in [0.25, 0.3) is 0 Å². The van der Waals surface area contributed by atoms with Gasteiger partial charge in [-0.25, -0.2) is 4.98 Å². The molecule has 0 fully saturated rings. The van der Waals surface area contributed by atoms with Gasteiger partial charge in [-0.15, -0.1) is 0 Å². The maximum atomic E-state index is 11.0. The van der Waals surface area contributed by atoms with E-state index in [1.54, 1.807) is 24.3 Å². The van der Waals surface area contributed by atoms with E-state index in [9.17, 15) is 8.76 Å². The van der Waals surface area contributed by atoms with E-state index in [2.05, 4.69) is 4.98 Å². The summed E-state index contributed by atoms with van der Waals surface area (Å²) >= 11 is -2.29. The van der Waals surface area contributed by atoms with Crippen LogP contribution in [0.4, 0.5) is 11.4 Å². The molecule has 19 heavy (non-hydrogen) atoms. The van der Waals surface area contributed by atoms with Gasteiger partial charge in [-0.2, -0.15) is 0 Å². The van der Waals surface area contributed by atoms with Gasteiger partial charge in [-0.05, 0) is 47.5 Å². The van der Waals surface area contributed by atoms with Crippen molar-refractivity contribution in [3.63, 3.8) is 0 Å². The molecule has 2 aromatic carbocycles. The maximum Gasteiger partial charge on any atom is 0.0731 e. The van der Waals surface area contributed by atoms with Crippen molar-refractivity contribution in [1.29, 1.82) is 0 Å². The Kier molecular flexibility index (Phi) is 2.62. The molecule has 5 nitrogen and oxygen atoms in total. The fourth-order valence-corrected chi connectivity index (χ4v) is 2.47. The second kappa shape index (κ2) is 4.18. The van der Waals surface area contributed by atoms with Gasteiger partial charge in [-0.1, -0.05) is 0 Å². The minimum Gasteiger partial charge on any atom is -0.768 e. The molecular formula is C13H10N3O2S-. The number of fused-ring (bicyclic) bond motifs is 2. The average molecular weight is 272 g/mol. The van der Waals surface area contributed by atoms with Crippen LogP contribution in [0.3, 0.4) is 0 Å². The van der Waals surface area contributed by atoms with E-state index in [-0.39, 0.29) is 4.90 Å². The number of hydrogen-bond donors (Lipinski definition) is 2. The van der Waals surface area contributed by atoms with Crippen LogP contribution in [0, 0.1) is 0 Å². The highest BCUT2D eigenvalue weighted by Crippen LogP contribution is 2.30. The van der Waals surface area contributed by atoms with Crippen molar-refractivity contribution in [2.75, 3.05) is 11.5 Å². The van der Waals surface area contributed by atoms with Crippen molar-refractivity contribution in [3.8, 4) is 0 Å². The predicted octanol–water partition coefficient (Wildman–Crippen LogP) is 1.79. The third-order valence-corrected chi connectivity index (χ3v) is 3.64. The van der Waals surface area contributed by atoms with Crippen molar-refractivity contribution in [2.45, 2.75) is 4.90 Å². The van der Waals surface area contributed by atoms with Gasteiger partial charge >= 0.3 is 0 Å². The number of benzene rings is 2. The molecule has 96 valence electrons. The van der Waals surface area contributed by atoms with Crippen LogP contribution in [0.2, 0.25) is 0 Å². The van der Waals surface area contributed by atoms with E-state index in [1.165, 1.54) is 12.1 Å². The lowest BCUT2D eigenvalue weighted by molar-refractivity contribution is 0.537. The molecule has 3 rings (SSSR count). The van der Waals surface area contributed by atoms with Gasteiger partial charge in [-0.3, -0.25) is 4.21 Å². The minimum atomic E-state index is -2.29.